The number of aliphatic hydroxyl groups excluding tert-OH is 1. The van der Waals surface area contributed by atoms with E-state index < -0.39 is 66.2 Å². The minimum absolute atomic E-state index is 0.160. The Morgan fingerprint density at radius 2 is 1.97 bits per heavy atom. The summed E-state index contributed by atoms with van der Waals surface area (Å²) in [6.07, 6.45) is -5.32. The Hall–Kier alpha value is -2.86. The zero-order valence-electron chi connectivity index (χ0n) is 18.8. The summed E-state index contributed by atoms with van der Waals surface area (Å²) in [4.78, 5) is 21.2. The van der Waals surface area contributed by atoms with E-state index in [-0.39, 0.29) is 11.3 Å². The molecular formula is C22H24F5N3O4. The Balaban J connectivity index is 2.10. The van der Waals surface area contributed by atoms with Gasteiger partial charge in [0.1, 0.15) is 18.5 Å². The Bertz CT molecular complexity index is 1080. The number of hydrogen-bond donors (Lipinski definition) is 2. The summed E-state index contributed by atoms with van der Waals surface area (Å²) < 4.78 is 81.0. The molecular weight excluding hydrogens is 465 g/mol. The molecule has 0 unspecified atom stereocenters. The first-order valence-corrected chi connectivity index (χ1v) is 10.4. The first-order valence-electron chi connectivity index (χ1n) is 10.4. The van der Waals surface area contributed by atoms with E-state index in [0.717, 1.165) is 19.1 Å². The molecule has 0 saturated carbocycles. The number of carbonyl (C=O) groups is 1. The summed E-state index contributed by atoms with van der Waals surface area (Å²) in [5.74, 6) is -6.72. The lowest BCUT2D eigenvalue weighted by molar-refractivity contribution is -0.272. The summed E-state index contributed by atoms with van der Waals surface area (Å²) in [5.41, 5.74) is -2.43. The lowest BCUT2D eigenvalue weighted by Gasteiger charge is -2.32. The van der Waals surface area contributed by atoms with Gasteiger partial charge in [0.25, 0.3) is 5.91 Å². The predicted octanol–water partition coefficient (Wildman–Crippen LogP) is 3.82. The number of ether oxygens (including phenoxy) is 2. The molecule has 0 radical (unpaired) electrons. The fourth-order valence-electron chi connectivity index (χ4n) is 4.04. The highest BCUT2D eigenvalue weighted by Gasteiger charge is 2.66. The van der Waals surface area contributed by atoms with E-state index in [9.17, 15) is 26.7 Å². The maximum Gasteiger partial charge on any atom is 0.417 e. The third-order valence-corrected chi connectivity index (χ3v) is 6.06. The number of halogens is 5. The molecule has 0 aliphatic carbocycles. The minimum Gasteiger partial charge on any atom is -0.488 e. The van der Waals surface area contributed by atoms with Gasteiger partial charge in [-0.05, 0) is 26.8 Å². The number of anilines is 1. The molecule has 0 bridgehead atoms. The number of amides is 1. The number of alkyl halides is 3. The summed E-state index contributed by atoms with van der Waals surface area (Å²) in [7, 11) is 0. The number of aryl methyl sites for hydroxylation is 2. The van der Waals surface area contributed by atoms with Crippen molar-refractivity contribution in [3.8, 4) is 5.75 Å². The van der Waals surface area contributed by atoms with Crippen LogP contribution in [0.1, 0.15) is 36.8 Å². The van der Waals surface area contributed by atoms with Crippen LogP contribution in [-0.2, 0) is 9.53 Å². The van der Waals surface area contributed by atoms with Crippen LogP contribution in [0, 0.1) is 31.4 Å². The maximum absolute atomic E-state index is 14.6. The van der Waals surface area contributed by atoms with E-state index in [1.54, 1.807) is 13.8 Å². The van der Waals surface area contributed by atoms with Gasteiger partial charge in [-0.25, -0.2) is 14.4 Å². The molecule has 1 fully saturated rings. The number of aromatic nitrogens is 2. The quantitative estimate of drug-likeness (QED) is 0.600. The Morgan fingerprint density at radius 3 is 2.56 bits per heavy atom. The zero-order chi connectivity index (χ0) is 25.4. The molecule has 2 aromatic rings. The second kappa shape index (κ2) is 9.41. The molecule has 2 heterocycles. The van der Waals surface area contributed by atoms with Crippen LogP contribution in [0.3, 0.4) is 0 Å². The number of hydrogen-bond acceptors (Lipinski definition) is 6. The fourth-order valence-corrected chi connectivity index (χ4v) is 4.04. The van der Waals surface area contributed by atoms with Crippen LogP contribution in [0.5, 0.6) is 5.75 Å². The van der Waals surface area contributed by atoms with Crippen molar-refractivity contribution in [2.24, 2.45) is 5.92 Å². The summed E-state index contributed by atoms with van der Waals surface area (Å²) in [6.45, 7) is 4.22. The van der Waals surface area contributed by atoms with Gasteiger partial charge in [-0.2, -0.15) is 17.6 Å². The molecule has 1 saturated heterocycles. The average molecular weight is 489 g/mol. The highest BCUT2D eigenvalue weighted by atomic mass is 19.4. The van der Waals surface area contributed by atoms with Crippen molar-refractivity contribution in [3.63, 3.8) is 0 Å². The normalized spacial score (nSPS) is 24.8. The molecule has 186 valence electrons. The van der Waals surface area contributed by atoms with E-state index in [1.165, 1.54) is 13.1 Å². The highest BCUT2D eigenvalue weighted by molar-refractivity contribution is 5.95. The van der Waals surface area contributed by atoms with Crippen molar-refractivity contribution in [2.75, 3.05) is 18.5 Å². The highest BCUT2D eigenvalue weighted by Crippen LogP contribution is 2.55. The predicted molar refractivity (Wildman–Crippen MR) is 110 cm³/mol. The molecule has 1 aliphatic heterocycles. The van der Waals surface area contributed by atoms with Crippen LogP contribution in [-0.4, -0.2) is 52.1 Å². The molecule has 7 nitrogen and oxygen atoms in total. The lowest BCUT2D eigenvalue weighted by Crippen LogP contribution is -2.47. The maximum atomic E-state index is 14.6. The van der Waals surface area contributed by atoms with Crippen molar-refractivity contribution in [1.29, 1.82) is 0 Å². The van der Waals surface area contributed by atoms with Crippen molar-refractivity contribution in [1.82, 2.24) is 9.97 Å². The number of benzene rings is 1. The van der Waals surface area contributed by atoms with Crippen LogP contribution in [0.2, 0.25) is 0 Å². The van der Waals surface area contributed by atoms with Crippen molar-refractivity contribution in [2.45, 2.75) is 51.5 Å². The number of rotatable bonds is 6. The van der Waals surface area contributed by atoms with Crippen LogP contribution < -0.4 is 10.1 Å². The topological polar surface area (TPSA) is 93.6 Å². The van der Waals surface area contributed by atoms with E-state index in [4.69, 9.17) is 14.6 Å². The van der Waals surface area contributed by atoms with Crippen molar-refractivity contribution in [3.05, 3.63) is 47.0 Å². The van der Waals surface area contributed by atoms with Gasteiger partial charge in [0.05, 0.1) is 24.2 Å². The van der Waals surface area contributed by atoms with Gasteiger partial charge in [-0.3, -0.25) is 4.79 Å². The third kappa shape index (κ3) is 4.56. The zero-order valence-corrected chi connectivity index (χ0v) is 18.8. The van der Waals surface area contributed by atoms with Gasteiger partial charge in [0.2, 0.25) is 5.82 Å². The molecule has 34 heavy (non-hydrogen) atoms. The number of nitrogens with one attached hydrogen (secondary N) is 1. The smallest absolute Gasteiger partial charge is 0.417 e. The molecule has 4 atom stereocenters. The van der Waals surface area contributed by atoms with E-state index in [2.05, 4.69) is 15.3 Å². The summed E-state index contributed by atoms with van der Waals surface area (Å²) >= 11 is 0. The molecule has 1 aliphatic rings. The first-order chi connectivity index (χ1) is 15.8. The van der Waals surface area contributed by atoms with Crippen LogP contribution in [0.25, 0.3) is 0 Å². The van der Waals surface area contributed by atoms with Crippen LogP contribution in [0.4, 0.5) is 27.6 Å². The van der Waals surface area contributed by atoms with E-state index in [0.29, 0.717) is 11.5 Å². The second-order valence-electron chi connectivity index (χ2n) is 8.22. The van der Waals surface area contributed by atoms with Gasteiger partial charge < -0.3 is 19.9 Å². The van der Waals surface area contributed by atoms with Gasteiger partial charge >= 0.3 is 6.18 Å². The van der Waals surface area contributed by atoms with E-state index >= 15 is 0 Å². The molecule has 0 spiro atoms. The fraction of sp³-hybridized carbons (Fsp3) is 0.500. The molecule has 1 aromatic carbocycles. The largest absolute Gasteiger partial charge is 0.488 e. The Morgan fingerprint density at radius 1 is 1.29 bits per heavy atom. The molecule has 3 rings (SSSR count). The number of nitrogens with zero attached hydrogens (tertiary/aromatic N) is 2. The SMILES string of the molecule is Cc1ncc(NC(=O)[C@@H]2O[C@@](C)(C(F)(F)F)[C@@H](C)[C@H]2c2ccc(F)c(F)c2OCCO)c(C)n1. The second-order valence-corrected chi connectivity index (χ2v) is 8.22. The summed E-state index contributed by atoms with van der Waals surface area (Å²) in [6, 6.07) is 1.79. The number of carbonyl (C=O) groups excluding carboxylic acids is 1. The van der Waals surface area contributed by atoms with Gasteiger partial charge in [-0.1, -0.05) is 13.0 Å². The monoisotopic (exact) mass is 489 g/mol. The van der Waals surface area contributed by atoms with E-state index in [1.807, 2.05) is 0 Å². The third-order valence-electron chi connectivity index (χ3n) is 6.06. The standard InChI is InChI=1S/C22H24F5N3O4/c1-10-16(13-5-6-14(23)17(24)18(13)33-8-7-31)19(34-21(10,4)22(25,26)27)20(32)30-15-9-28-12(3)29-11(15)2/h5-6,9-10,16,19,31H,7-8H2,1-4H3,(H,30,32)/t10-,16-,19+,21+/m0/s1. The van der Waals surface area contributed by atoms with Crippen molar-refractivity contribution >= 4 is 11.6 Å². The number of aliphatic hydroxyl groups is 1. The molecule has 2 N–H and O–H groups in total. The lowest BCUT2D eigenvalue weighted by atomic mass is 9.77. The average Bonchev–Trinajstić information content (AvgIpc) is 3.03. The molecule has 12 heteroatoms. The molecule has 1 amide bonds. The van der Waals surface area contributed by atoms with Gasteiger partial charge in [-0.15, -0.1) is 0 Å². The minimum atomic E-state index is -4.88. The van der Waals surface area contributed by atoms with Gasteiger partial charge in [0.15, 0.2) is 17.2 Å². The van der Waals surface area contributed by atoms with Gasteiger partial charge in [0, 0.05) is 17.4 Å². The first kappa shape index (κ1) is 25.8. The van der Waals surface area contributed by atoms with Crippen molar-refractivity contribution < 1.29 is 41.3 Å². The summed E-state index contributed by atoms with van der Waals surface area (Å²) in [5, 5.41) is 11.5. The Kier molecular flexibility index (Phi) is 7.13. The Labute approximate surface area is 192 Å². The van der Waals surface area contributed by atoms with Crippen LogP contribution in [0.15, 0.2) is 18.3 Å². The van der Waals surface area contributed by atoms with Crippen LogP contribution >= 0.6 is 0 Å². The molecule has 1 aromatic heterocycles.